The van der Waals surface area contributed by atoms with Crippen molar-refractivity contribution in [2.75, 3.05) is 18.3 Å². The number of nitrogens with zero attached hydrogens (tertiary/aromatic N) is 3. The molecule has 13 heteroatoms. The summed E-state index contributed by atoms with van der Waals surface area (Å²) in [5.74, 6) is -2.44. The van der Waals surface area contributed by atoms with Gasteiger partial charge in [0.05, 0.1) is 17.6 Å². The summed E-state index contributed by atoms with van der Waals surface area (Å²) in [6.45, 7) is 5.05. The standard InChI is InChI=1S/C23H24N4O7S2/c1-15-9-11-18(12-10-15)35(30,31)14-27(23(29)26-22-24-16(2)13-17(3)25-22)36(32,33)20-8-6-5-7-19(20)21(28)34-4/h5-13H,14H2,1-4H3,(H,24,25,26,29). The van der Waals surface area contributed by atoms with E-state index in [0.717, 1.165) is 18.7 Å². The smallest absolute Gasteiger partial charge is 0.339 e. The predicted molar refractivity (Wildman–Crippen MR) is 131 cm³/mol. The Morgan fingerprint density at radius 2 is 1.50 bits per heavy atom. The maximum Gasteiger partial charge on any atom is 0.339 e. The first-order valence-corrected chi connectivity index (χ1v) is 13.6. The number of nitrogens with one attached hydrogen (secondary N) is 1. The Labute approximate surface area is 209 Å². The third-order valence-electron chi connectivity index (χ3n) is 4.96. The summed E-state index contributed by atoms with van der Waals surface area (Å²) in [6.07, 6.45) is 0. The zero-order valence-corrected chi connectivity index (χ0v) is 21.6. The Morgan fingerprint density at radius 1 is 0.917 bits per heavy atom. The number of sulfone groups is 1. The first-order chi connectivity index (χ1) is 16.8. The number of carbonyl (C=O) groups is 2. The van der Waals surface area contributed by atoms with Gasteiger partial charge in [0.25, 0.3) is 10.0 Å². The Kier molecular flexibility index (Phi) is 7.74. The van der Waals surface area contributed by atoms with E-state index in [1.165, 1.54) is 30.3 Å². The number of methoxy groups -OCH3 is 1. The zero-order chi connectivity index (χ0) is 26.7. The first kappa shape index (κ1) is 26.8. The fourth-order valence-electron chi connectivity index (χ4n) is 3.24. The molecule has 0 unspecified atom stereocenters. The van der Waals surface area contributed by atoms with Gasteiger partial charge in [-0.15, -0.1) is 0 Å². The highest BCUT2D eigenvalue weighted by atomic mass is 32.2. The molecule has 3 rings (SSSR count). The lowest BCUT2D eigenvalue weighted by molar-refractivity contribution is 0.0596. The number of aromatic nitrogens is 2. The van der Waals surface area contributed by atoms with E-state index in [1.807, 2.05) is 0 Å². The van der Waals surface area contributed by atoms with Crippen molar-refractivity contribution >= 4 is 37.8 Å². The highest BCUT2D eigenvalue weighted by molar-refractivity contribution is 7.94. The minimum absolute atomic E-state index is 0.130. The van der Waals surface area contributed by atoms with Crippen LogP contribution in [0.5, 0.6) is 0 Å². The number of anilines is 1. The topological polar surface area (TPSA) is 153 Å². The maximum absolute atomic E-state index is 13.7. The lowest BCUT2D eigenvalue weighted by atomic mass is 10.2. The molecule has 0 spiro atoms. The Hall–Kier alpha value is -3.84. The highest BCUT2D eigenvalue weighted by Gasteiger charge is 2.37. The van der Waals surface area contributed by atoms with Crippen LogP contribution < -0.4 is 5.32 Å². The zero-order valence-electron chi connectivity index (χ0n) is 19.9. The molecule has 2 amide bonds. The van der Waals surface area contributed by atoms with E-state index in [1.54, 1.807) is 39.0 Å². The molecular formula is C23H24N4O7S2. The van der Waals surface area contributed by atoms with Gasteiger partial charge < -0.3 is 4.74 Å². The second-order valence-corrected chi connectivity index (χ2v) is 11.6. The molecule has 0 radical (unpaired) electrons. The summed E-state index contributed by atoms with van der Waals surface area (Å²) in [6, 6.07) is 11.0. The van der Waals surface area contributed by atoms with Crippen LogP contribution in [-0.4, -0.2) is 56.1 Å². The molecule has 0 aliphatic rings. The summed E-state index contributed by atoms with van der Waals surface area (Å²) in [4.78, 5) is 32.8. The van der Waals surface area contributed by atoms with Gasteiger partial charge in [-0.25, -0.2) is 40.7 Å². The largest absolute Gasteiger partial charge is 0.465 e. The van der Waals surface area contributed by atoms with Crippen molar-refractivity contribution in [1.29, 1.82) is 0 Å². The van der Waals surface area contributed by atoms with Gasteiger partial charge in [-0.1, -0.05) is 29.8 Å². The number of amides is 2. The molecule has 0 aliphatic heterocycles. The molecule has 2 aromatic carbocycles. The molecule has 3 aromatic rings. The van der Waals surface area contributed by atoms with Gasteiger partial charge in [0.15, 0.2) is 9.84 Å². The third kappa shape index (κ3) is 5.86. The molecule has 1 aromatic heterocycles. The molecule has 1 N–H and O–H groups in total. The monoisotopic (exact) mass is 532 g/mol. The van der Waals surface area contributed by atoms with Gasteiger partial charge in [-0.05, 0) is 51.1 Å². The summed E-state index contributed by atoms with van der Waals surface area (Å²) < 4.78 is 58.4. The number of hydrogen-bond donors (Lipinski definition) is 1. The van der Waals surface area contributed by atoms with Crippen molar-refractivity contribution in [3.8, 4) is 0 Å². The van der Waals surface area contributed by atoms with E-state index in [0.29, 0.717) is 11.4 Å². The molecule has 36 heavy (non-hydrogen) atoms. The number of rotatable bonds is 7. The second-order valence-electron chi connectivity index (χ2n) is 7.80. The predicted octanol–water partition coefficient (Wildman–Crippen LogP) is 2.84. The third-order valence-corrected chi connectivity index (χ3v) is 8.49. The van der Waals surface area contributed by atoms with Crippen LogP contribution in [0, 0.1) is 20.8 Å². The first-order valence-electron chi connectivity index (χ1n) is 10.5. The molecule has 0 atom stereocenters. The van der Waals surface area contributed by atoms with Crippen LogP contribution >= 0.6 is 0 Å². The number of benzene rings is 2. The number of sulfonamides is 1. The van der Waals surface area contributed by atoms with Crippen molar-refractivity contribution in [2.24, 2.45) is 0 Å². The van der Waals surface area contributed by atoms with Crippen LogP contribution in [-0.2, 0) is 24.6 Å². The molecular weight excluding hydrogens is 508 g/mol. The Balaban J connectivity index is 2.12. The number of urea groups is 1. The second kappa shape index (κ2) is 10.4. The number of aryl methyl sites for hydroxylation is 3. The van der Waals surface area contributed by atoms with Gasteiger partial charge in [-0.2, -0.15) is 0 Å². The number of carbonyl (C=O) groups excluding carboxylic acids is 2. The molecule has 0 aliphatic carbocycles. The van der Waals surface area contributed by atoms with Crippen LogP contribution in [0.4, 0.5) is 10.7 Å². The minimum atomic E-state index is -4.89. The van der Waals surface area contributed by atoms with Crippen LogP contribution in [0.1, 0.15) is 27.3 Å². The Morgan fingerprint density at radius 3 is 2.08 bits per heavy atom. The minimum Gasteiger partial charge on any atom is -0.465 e. The Bertz CT molecular complexity index is 1500. The van der Waals surface area contributed by atoms with E-state index in [4.69, 9.17) is 0 Å². The van der Waals surface area contributed by atoms with Crippen molar-refractivity contribution < 1.29 is 31.2 Å². The highest BCUT2D eigenvalue weighted by Crippen LogP contribution is 2.24. The molecule has 0 saturated heterocycles. The summed E-state index contributed by atoms with van der Waals surface area (Å²) >= 11 is 0. The fourth-order valence-corrected chi connectivity index (χ4v) is 6.52. The van der Waals surface area contributed by atoms with Crippen LogP contribution in [0.2, 0.25) is 0 Å². The quantitative estimate of drug-likeness (QED) is 0.453. The molecule has 0 bridgehead atoms. The molecule has 190 valence electrons. The van der Waals surface area contributed by atoms with Gasteiger partial charge in [0.1, 0.15) is 10.8 Å². The average Bonchev–Trinajstić information content (AvgIpc) is 2.81. The van der Waals surface area contributed by atoms with Crippen LogP contribution in [0.15, 0.2) is 64.4 Å². The van der Waals surface area contributed by atoms with Crippen molar-refractivity contribution in [1.82, 2.24) is 14.3 Å². The van der Waals surface area contributed by atoms with E-state index in [-0.39, 0.29) is 20.7 Å². The normalized spacial score (nSPS) is 11.6. The van der Waals surface area contributed by atoms with E-state index < -0.39 is 42.6 Å². The summed E-state index contributed by atoms with van der Waals surface area (Å²) in [5.41, 5.74) is 1.41. The van der Waals surface area contributed by atoms with Crippen molar-refractivity contribution in [2.45, 2.75) is 30.6 Å². The van der Waals surface area contributed by atoms with Crippen molar-refractivity contribution in [3.63, 3.8) is 0 Å². The maximum atomic E-state index is 13.7. The number of ether oxygens (including phenoxy) is 1. The SMILES string of the molecule is COC(=O)c1ccccc1S(=O)(=O)N(CS(=O)(=O)c1ccc(C)cc1)C(=O)Nc1nc(C)cc(C)n1. The number of esters is 1. The van der Waals surface area contributed by atoms with E-state index >= 15 is 0 Å². The molecule has 0 saturated carbocycles. The van der Waals surface area contributed by atoms with Crippen molar-refractivity contribution in [3.05, 3.63) is 77.1 Å². The lowest BCUT2D eigenvalue weighted by Crippen LogP contribution is -2.43. The number of hydrogen-bond acceptors (Lipinski definition) is 9. The van der Waals surface area contributed by atoms with Gasteiger partial charge in [-0.3, -0.25) is 5.32 Å². The summed E-state index contributed by atoms with van der Waals surface area (Å²) in [5, 5.41) is 2.25. The van der Waals surface area contributed by atoms with Gasteiger partial charge >= 0.3 is 12.0 Å². The molecule has 1 heterocycles. The van der Waals surface area contributed by atoms with E-state index in [9.17, 15) is 26.4 Å². The summed E-state index contributed by atoms with van der Waals surface area (Å²) in [7, 11) is -8.16. The average molecular weight is 533 g/mol. The van der Waals surface area contributed by atoms with Gasteiger partial charge in [0.2, 0.25) is 5.95 Å². The molecule has 11 nitrogen and oxygen atoms in total. The van der Waals surface area contributed by atoms with Crippen LogP contribution in [0.25, 0.3) is 0 Å². The fraction of sp³-hybridized carbons (Fsp3) is 0.217. The van der Waals surface area contributed by atoms with Gasteiger partial charge in [0, 0.05) is 11.4 Å². The van der Waals surface area contributed by atoms with Crippen LogP contribution in [0.3, 0.4) is 0 Å². The lowest BCUT2D eigenvalue weighted by Gasteiger charge is -2.23. The molecule has 0 fully saturated rings. The van der Waals surface area contributed by atoms with E-state index in [2.05, 4.69) is 20.0 Å².